The maximum absolute atomic E-state index is 11.3. The van der Waals surface area contributed by atoms with Crippen LogP contribution in [-0.2, 0) is 16.0 Å². The highest BCUT2D eigenvalue weighted by atomic mass is 16.6. The molecule has 88 valence electrons. The van der Waals surface area contributed by atoms with E-state index in [4.69, 9.17) is 13.9 Å². The number of carbonyl (C=O) groups is 2. The molecule has 0 spiro atoms. The smallest absolute Gasteiger partial charge is 0.394 e. The topological polar surface area (TPSA) is 78.6 Å². The molecule has 0 N–H and O–H groups in total. The van der Waals surface area contributed by atoms with Crippen molar-refractivity contribution in [3.05, 3.63) is 11.6 Å². The maximum Gasteiger partial charge on any atom is 0.394 e. The Morgan fingerprint density at radius 2 is 2.19 bits per heavy atom. The van der Waals surface area contributed by atoms with Crippen molar-refractivity contribution in [3.8, 4) is 5.95 Å². The molecule has 1 rings (SSSR count). The lowest BCUT2D eigenvalue weighted by molar-refractivity contribution is -0.107. The van der Waals surface area contributed by atoms with Crippen molar-refractivity contribution < 1.29 is 23.5 Å². The molecule has 1 aromatic rings. The molecule has 0 amide bonds. The van der Waals surface area contributed by atoms with Gasteiger partial charge >= 0.3 is 17.8 Å². The molecular formula is C10H13NO5. The van der Waals surface area contributed by atoms with Gasteiger partial charge in [-0.2, -0.15) is 0 Å². The molecule has 0 atom stereocenters. The van der Waals surface area contributed by atoms with Crippen LogP contribution in [0.15, 0.2) is 4.42 Å². The fourth-order valence-electron chi connectivity index (χ4n) is 1.07. The first-order chi connectivity index (χ1) is 7.72. The highest BCUT2D eigenvalue weighted by molar-refractivity contribution is 5.84. The Labute approximate surface area is 92.6 Å². The largest absolute Gasteiger partial charge is 0.464 e. The van der Waals surface area contributed by atoms with Gasteiger partial charge in [0, 0.05) is 0 Å². The Morgan fingerprint density at radius 1 is 1.44 bits per heavy atom. The number of oxazole rings is 1. The summed E-state index contributed by atoms with van der Waals surface area (Å²) in [5.74, 6) is -0.764. The Balaban J connectivity index is 2.90. The van der Waals surface area contributed by atoms with Crippen LogP contribution in [0.25, 0.3) is 0 Å². The number of hydrogen-bond acceptors (Lipinski definition) is 6. The second-order valence-electron chi connectivity index (χ2n) is 2.78. The van der Waals surface area contributed by atoms with E-state index in [0.29, 0.717) is 18.6 Å². The average molecular weight is 227 g/mol. The fraction of sp³-hybridized carbons (Fsp3) is 0.500. The van der Waals surface area contributed by atoms with E-state index in [1.807, 2.05) is 0 Å². The standard InChI is InChI=1S/C10H13NO5/c1-3-14-9(13)8-11-7(5-6-12)10(16-8)15-4-2/h6H,3-5H2,1-2H3. The Morgan fingerprint density at radius 3 is 2.75 bits per heavy atom. The molecule has 0 saturated heterocycles. The van der Waals surface area contributed by atoms with Crippen LogP contribution in [0.4, 0.5) is 0 Å². The minimum absolute atomic E-state index is 0.0399. The summed E-state index contributed by atoms with van der Waals surface area (Å²) in [4.78, 5) is 25.5. The van der Waals surface area contributed by atoms with Crippen molar-refractivity contribution in [2.24, 2.45) is 0 Å². The predicted molar refractivity (Wildman–Crippen MR) is 53.4 cm³/mol. The summed E-state index contributed by atoms with van der Waals surface area (Å²) in [6, 6.07) is 0. The number of esters is 1. The van der Waals surface area contributed by atoms with Crippen molar-refractivity contribution in [2.45, 2.75) is 20.3 Å². The van der Waals surface area contributed by atoms with Gasteiger partial charge in [0.25, 0.3) is 0 Å². The number of aldehydes is 1. The van der Waals surface area contributed by atoms with E-state index in [2.05, 4.69) is 4.98 Å². The average Bonchev–Trinajstić information content (AvgIpc) is 2.64. The van der Waals surface area contributed by atoms with Gasteiger partial charge in [0.15, 0.2) is 0 Å². The number of carbonyl (C=O) groups excluding carboxylic acids is 2. The monoisotopic (exact) mass is 227 g/mol. The van der Waals surface area contributed by atoms with Crippen molar-refractivity contribution in [1.82, 2.24) is 4.98 Å². The number of hydrogen-bond donors (Lipinski definition) is 0. The van der Waals surface area contributed by atoms with Crippen LogP contribution >= 0.6 is 0 Å². The molecule has 0 saturated carbocycles. The molecule has 0 unspecified atom stereocenters. The second-order valence-corrected chi connectivity index (χ2v) is 2.78. The van der Waals surface area contributed by atoms with E-state index in [1.54, 1.807) is 13.8 Å². The SMILES string of the molecule is CCOC(=O)c1nc(CC=O)c(OCC)o1. The summed E-state index contributed by atoms with van der Waals surface area (Å²) in [6.45, 7) is 4.03. The molecule has 0 aliphatic heterocycles. The van der Waals surface area contributed by atoms with Gasteiger partial charge in [-0.05, 0) is 13.8 Å². The molecule has 6 heteroatoms. The van der Waals surface area contributed by atoms with Gasteiger partial charge in [-0.15, -0.1) is 0 Å². The number of aromatic nitrogens is 1. The van der Waals surface area contributed by atoms with E-state index in [9.17, 15) is 9.59 Å². The van der Waals surface area contributed by atoms with Gasteiger partial charge in [-0.25, -0.2) is 9.78 Å². The molecule has 16 heavy (non-hydrogen) atoms. The normalized spacial score (nSPS) is 9.88. The molecule has 1 heterocycles. The zero-order valence-electron chi connectivity index (χ0n) is 9.19. The molecule has 0 bridgehead atoms. The number of rotatable bonds is 6. The van der Waals surface area contributed by atoms with Crippen molar-refractivity contribution in [1.29, 1.82) is 0 Å². The first-order valence-corrected chi connectivity index (χ1v) is 4.96. The molecular weight excluding hydrogens is 214 g/mol. The highest BCUT2D eigenvalue weighted by Crippen LogP contribution is 2.20. The summed E-state index contributed by atoms with van der Waals surface area (Å²) < 4.78 is 14.9. The summed E-state index contributed by atoms with van der Waals surface area (Å²) >= 11 is 0. The van der Waals surface area contributed by atoms with Crippen LogP contribution < -0.4 is 4.74 Å². The summed E-state index contributed by atoms with van der Waals surface area (Å²) in [7, 11) is 0. The molecule has 0 aromatic carbocycles. The summed E-state index contributed by atoms with van der Waals surface area (Å²) in [5.41, 5.74) is 0.305. The zero-order valence-corrected chi connectivity index (χ0v) is 9.19. The number of nitrogens with zero attached hydrogens (tertiary/aromatic N) is 1. The first kappa shape index (κ1) is 12.2. The minimum Gasteiger partial charge on any atom is -0.464 e. The molecule has 0 fully saturated rings. The first-order valence-electron chi connectivity index (χ1n) is 4.96. The predicted octanol–water partition coefficient (Wildman–Crippen LogP) is 0.991. The van der Waals surface area contributed by atoms with E-state index in [0.717, 1.165) is 0 Å². The fourth-order valence-corrected chi connectivity index (χ4v) is 1.07. The van der Waals surface area contributed by atoms with Gasteiger partial charge in [0.1, 0.15) is 12.0 Å². The van der Waals surface area contributed by atoms with Gasteiger partial charge in [-0.3, -0.25) is 0 Å². The third-order valence-corrected chi connectivity index (χ3v) is 1.66. The highest BCUT2D eigenvalue weighted by Gasteiger charge is 2.20. The van der Waals surface area contributed by atoms with Crippen molar-refractivity contribution in [3.63, 3.8) is 0 Å². The zero-order chi connectivity index (χ0) is 12.0. The van der Waals surface area contributed by atoms with Gasteiger partial charge in [-0.1, -0.05) is 0 Å². The summed E-state index contributed by atoms with van der Waals surface area (Å²) in [5, 5.41) is 0. The molecule has 0 radical (unpaired) electrons. The van der Waals surface area contributed by atoms with Crippen LogP contribution in [-0.4, -0.2) is 30.5 Å². The van der Waals surface area contributed by atoms with Crippen LogP contribution in [0, 0.1) is 0 Å². The van der Waals surface area contributed by atoms with E-state index >= 15 is 0 Å². The third kappa shape index (κ3) is 2.82. The Bertz CT molecular complexity index is 371. The van der Waals surface area contributed by atoms with Crippen LogP contribution in [0.1, 0.15) is 30.2 Å². The van der Waals surface area contributed by atoms with E-state index in [1.165, 1.54) is 0 Å². The molecule has 6 nitrogen and oxygen atoms in total. The van der Waals surface area contributed by atoms with Crippen LogP contribution in [0.5, 0.6) is 5.95 Å². The lowest BCUT2D eigenvalue weighted by Gasteiger charge is -1.97. The van der Waals surface area contributed by atoms with Gasteiger partial charge in [0.2, 0.25) is 0 Å². The lowest BCUT2D eigenvalue weighted by Crippen LogP contribution is -2.05. The second kappa shape index (κ2) is 5.89. The molecule has 0 aliphatic carbocycles. The van der Waals surface area contributed by atoms with E-state index in [-0.39, 0.29) is 24.9 Å². The molecule has 0 aliphatic rings. The van der Waals surface area contributed by atoms with E-state index < -0.39 is 5.97 Å². The van der Waals surface area contributed by atoms with Crippen LogP contribution in [0.2, 0.25) is 0 Å². The molecule has 1 aromatic heterocycles. The quantitative estimate of drug-likeness (QED) is 0.532. The Hall–Kier alpha value is -1.85. The third-order valence-electron chi connectivity index (χ3n) is 1.66. The van der Waals surface area contributed by atoms with Crippen molar-refractivity contribution in [2.75, 3.05) is 13.2 Å². The Kier molecular flexibility index (Phi) is 4.50. The minimum atomic E-state index is -0.666. The van der Waals surface area contributed by atoms with Crippen molar-refractivity contribution >= 4 is 12.3 Å². The maximum atomic E-state index is 11.3. The van der Waals surface area contributed by atoms with Gasteiger partial charge < -0.3 is 18.7 Å². The van der Waals surface area contributed by atoms with Crippen LogP contribution in [0.3, 0.4) is 0 Å². The van der Waals surface area contributed by atoms with Gasteiger partial charge in [0.05, 0.1) is 19.6 Å². The number of ether oxygens (including phenoxy) is 2. The summed E-state index contributed by atoms with van der Waals surface area (Å²) in [6.07, 6.45) is 0.702. The lowest BCUT2D eigenvalue weighted by atomic mass is 10.3.